The Hall–Kier alpha value is -0.810. The fourth-order valence-electron chi connectivity index (χ4n) is 2.36. The first-order chi connectivity index (χ1) is 9.81. The molecule has 2 nitrogen and oxygen atoms in total. The van der Waals surface area contributed by atoms with Gasteiger partial charge in [0, 0.05) is 25.9 Å². The summed E-state index contributed by atoms with van der Waals surface area (Å²) in [5.74, 6) is 2.84. The van der Waals surface area contributed by atoms with Gasteiger partial charge in [-0.1, -0.05) is 57.8 Å². The Bertz CT molecular complexity index is 253. The van der Waals surface area contributed by atoms with E-state index in [0.717, 1.165) is 12.8 Å². The Kier molecular flexibility index (Phi) is 15.6. The second-order valence-corrected chi connectivity index (χ2v) is 5.61. The summed E-state index contributed by atoms with van der Waals surface area (Å²) < 4.78 is 0. The molecule has 0 unspecified atom stereocenters. The van der Waals surface area contributed by atoms with E-state index >= 15 is 0 Å². The minimum absolute atomic E-state index is 0.325. The minimum atomic E-state index is 0.325. The topological polar surface area (TPSA) is 37.3 Å². The van der Waals surface area contributed by atoms with E-state index in [-0.39, 0.29) is 0 Å². The van der Waals surface area contributed by atoms with E-state index in [1.54, 1.807) is 0 Å². The number of terminal acetylenes is 1. The number of hydrogen-bond acceptors (Lipinski definition) is 2. The number of unbranched alkanes of at least 4 members (excludes halogenated alkanes) is 10. The SMILES string of the molecule is C#CCCC(=O)CCCCCCCCCCCCCO. The molecule has 0 amide bonds. The van der Waals surface area contributed by atoms with Crippen LogP contribution in [0, 0.1) is 12.3 Å². The van der Waals surface area contributed by atoms with Crippen LogP contribution in [0.5, 0.6) is 0 Å². The van der Waals surface area contributed by atoms with Gasteiger partial charge < -0.3 is 5.11 Å². The van der Waals surface area contributed by atoms with E-state index in [4.69, 9.17) is 11.5 Å². The van der Waals surface area contributed by atoms with Crippen LogP contribution in [0.25, 0.3) is 0 Å². The fourth-order valence-corrected chi connectivity index (χ4v) is 2.36. The van der Waals surface area contributed by atoms with Gasteiger partial charge in [0.2, 0.25) is 0 Å². The molecule has 0 aliphatic rings. The zero-order valence-corrected chi connectivity index (χ0v) is 13.0. The van der Waals surface area contributed by atoms with Crippen molar-refractivity contribution in [3.05, 3.63) is 0 Å². The van der Waals surface area contributed by atoms with Crippen LogP contribution >= 0.6 is 0 Å². The Morgan fingerprint density at radius 1 is 0.750 bits per heavy atom. The van der Waals surface area contributed by atoms with E-state index in [1.807, 2.05) is 0 Å². The van der Waals surface area contributed by atoms with Gasteiger partial charge >= 0.3 is 0 Å². The van der Waals surface area contributed by atoms with Gasteiger partial charge in [0.25, 0.3) is 0 Å². The highest BCUT2D eigenvalue weighted by Crippen LogP contribution is 2.12. The maximum absolute atomic E-state index is 11.4. The highest BCUT2D eigenvalue weighted by atomic mass is 16.2. The molecule has 0 heterocycles. The summed E-state index contributed by atoms with van der Waals surface area (Å²) in [4.78, 5) is 11.4. The monoisotopic (exact) mass is 280 g/mol. The van der Waals surface area contributed by atoms with Crippen LogP contribution < -0.4 is 0 Å². The van der Waals surface area contributed by atoms with Crippen molar-refractivity contribution in [3.8, 4) is 12.3 Å². The first kappa shape index (κ1) is 19.2. The van der Waals surface area contributed by atoms with Gasteiger partial charge in [0.15, 0.2) is 0 Å². The summed E-state index contributed by atoms with van der Waals surface area (Å²) >= 11 is 0. The molecular formula is C18H32O2. The molecule has 0 saturated heterocycles. The third-order valence-electron chi connectivity index (χ3n) is 3.66. The Balaban J connectivity index is 3.06. The van der Waals surface area contributed by atoms with E-state index < -0.39 is 0 Å². The molecule has 2 heteroatoms. The lowest BCUT2D eigenvalue weighted by molar-refractivity contribution is -0.119. The third-order valence-corrected chi connectivity index (χ3v) is 3.66. The quantitative estimate of drug-likeness (QED) is 0.350. The van der Waals surface area contributed by atoms with Crippen molar-refractivity contribution in [1.82, 2.24) is 0 Å². The van der Waals surface area contributed by atoms with Gasteiger partial charge in [-0.2, -0.15) is 0 Å². The molecule has 0 aromatic heterocycles. The molecule has 0 atom stereocenters. The van der Waals surface area contributed by atoms with Crippen molar-refractivity contribution < 1.29 is 9.90 Å². The van der Waals surface area contributed by atoms with Crippen LogP contribution in [0.3, 0.4) is 0 Å². The van der Waals surface area contributed by atoms with Crippen LogP contribution in [-0.4, -0.2) is 17.5 Å². The predicted molar refractivity (Wildman–Crippen MR) is 85.6 cm³/mol. The maximum atomic E-state index is 11.4. The van der Waals surface area contributed by atoms with Crippen LogP contribution in [0.1, 0.15) is 89.9 Å². The average Bonchev–Trinajstić information content (AvgIpc) is 2.46. The summed E-state index contributed by atoms with van der Waals surface area (Å²) in [5.41, 5.74) is 0. The number of aliphatic hydroxyl groups is 1. The van der Waals surface area contributed by atoms with Crippen molar-refractivity contribution in [1.29, 1.82) is 0 Å². The number of ketones is 1. The molecule has 116 valence electrons. The lowest BCUT2D eigenvalue weighted by atomic mass is 10.0. The summed E-state index contributed by atoms with van der Waals surface area (Å²) in [6.07, 6.45) is 20.5. The minimum Gasteiger partial charge on any atom is -0.396 e. The largest absolute Gasteiger partial charge is 0.396 e. The molecule has 0 radical (unpaired) electrons. The molecule has 0 bridgehead atoms. The van der Waals surface area contributed by atoms with Crippen molar-refractivity contribution in [2.24, 2.45) is 0 Å². The Labute approximate surface area is 125 Å². The standard InChI is InChI=1S/C18H32O2/c1-2-3-15-18(20)16-13-11-9-7-5-4-6-8-10-12-14-17-19/h1,19H,3-17H2. The molecule has 0 aromatic carbocycles. The van der Waals surface area contributed by atoms with Crippen molar-refractivity contribution >= 4 is 5.78 Å². The van der Waals surface area contributed by atoms with Crippen molar-refractivity contribution in [3.63, 3.8) is 0 Å². The smallest absolute Gasteiger partial charge is 0.133 e. The Morgan fingerprint density at radius 2 is 1.20 bits per heavy atom. The predicted octanol–water partition coefficient (Wildman–Crippen LogP) is 4.64. The number of aliphatic hydroxyl groups excluding tert-OH is 1. The summed E-state index contributed by atoms with van der Waals surface area (Å²) in [6.45, 7) is 0.339. The molecule has 0 spiro atoms. The normalized spacial score (nSPS) is 10.4. The molecule has 0 aromatic rings. The average molecular weight is 280 g/mol. The molecule has 20 heavy (non-hydrogen) atoms. The second kappa shape index (κ2) is 16.2. The fraction of sp³-hybridized carbons (Fsp3) is 0.833. The molecule has 0 aliphatic heterocycles. The molecule has 0 fully saturated rings. The number of rotatable bonds is 15. The van der Waals surface area contributed by atoms with Crippen molar-refractivity contribution in [2.75, 3.05) is 6.61 Å². The molecular weight excluding hydrogens is 248 g/mol. The third kappa shape index (κ3) is 15.2. The van der Waals surface area contributed by atoms with Gasteiger partial charge in [-0.05, 0) is 12.8 Å². The highest BCUT2D eigenvalue weighted by Gasteiger charge is 2.00. The summed E-state index contributed by atoms with van der Waals surface area (Å²) in [7, 11) is 0. The summed E-state index contributed by atoms with van der Waals surface area (Å²) in [6, 6.07) is 0. The number of Topliss-reactive ketones (excluding diaryl/α,β-unsaturated/α-hetero) is 1. The first-order valence-corrected chi connectivity index (χ1v) is 8.37. The number of carbonyl (C=O) groups excluding carboxylic acids is 1. The van der Waals surface area contributed by atoms with E-state index in [9.17, 15) is 4.79 Å². The van der Waals surface area contributed by atoms with Gasteiger partial charge in [-0.25, -0.2) is 0 Å². The Morgan fingerprint density at radius 3 is 1.65 bits per heavy atom. The van der Waals surface area contributed by atoms with Gasteiger partial charge in [-0.3, -0.25) is 4.79 Å². The van der Waals surface area contributed by atoms with Gasteiger partial charge in [0.05, 0.1) is 0 Å². The first-order valence-electron chi connectivity index (χ1n) is 8.37. The van der Waals surface area contributed by atoms with E-state index in [0.29, 0.717) is 31.7 Å². The van der Waals surface area contributed by atoms with Crippen LogP contribution in [0.2, 0.25) is 0 Å². The zero-order valence-electron chi connectivity index (χ0n) is 13.0. The number of carbonyl (C=O) groups is 1. The van der Waals surface area contributed by atoms with Gasteiger partial charge in [-0.15, -0.1) is 12.3 Å². The van der Waals surface area contributed by atoms with Crippen molar-refractivity contribution in [2.45, 2.75) is 89.9 Å². The second-order valence-electron chi connectivity index (χ2n) is 5.61. The maximum Gasteiger partial charge on any atom is 0.133 e. The van der Waals surface area contributed by atoms with Gasteiger partial charge in [0.1, 0.15) is 5.78 Å². The van der Waals surface area contributed by atoms with E-state index in [2.05, 4.69) is 5.92 Å². The van der Waals surface area contributed by atoms with E-state index in [1.165, 1.54) is 57.8 Å². The molecule has 0 rings (SSSR count). The molecule has 1 N–H and O–H groups in total. The highest BCUT2D eigenvalue weighted by molar-refractivity contribution is 5.78. The number of hydrogen-bond donors (Lipinski definition) is 1. The lowest BCUT2D eigenvalue weighted by Crippen LogP contribution is -1.96. The molecule has 0 aliphatic carbocycles. The zero-order chi connectivity index (χ0) is 14.9. The van der Waals surface area contributed by atoms with Crippen LogP contribution in [-0.2, 0) is 4.79 Å². The van der Waals surface area contributed by atoms with Crippen LogP contribution in [0.15, 0.2) is 0 Å². The molecule has 0 saturated carbocycles. The lowest BCUT2D eigenvalue weighted by Gasteiger charge is -2.02. The summed E-state index contributed by atoms with van der Waals surface area (Å²) in [5, 5.41) is 8.66. The van der Waals surface area contributed by atoms with Crippen LogP contribution in [0.4, 0.5) is 0 Å².